The van der Waals surface area contributed by atoms with Gasteiger partial charge < -0.3 is 5.32 Å². The van der Waals surface area contributed by atoms with E-state index in [1.807, 2.05) is 32.0 Å². The van der Waals surface area contributed by atoms with E-state index >= 15 is 0 Å². The summed E-state index contributed by atoms with van der Waals surface area (Å²) < 4.78 is 13.9. The van der Waals surface area contributed by atoms with Crippen LogP contribution in [-0.2, 0) is 9.59 Å². The zero-order valence-electron chi connectivity index (χ0n) is 13.0. The smallest absolute Gasteiger partial charge is 0.256 e. The average Bonchev–Trinajstić information content (AvgIpc) is 2.78. The normalized spacial score (nSPS) is 17.7. The Labute approximate surface area is 133 Å². The van der Waals surface area contributed by atoms with E-state index in [4.69, 9.17) is 0 Å². The number of nitrogens with zero attached hydrogens (tertiary/aromatic N) is 1. The van der Waals surface area contributed by atoms with E-state index in [2.05, 4.69) is 5.32 Å². The molecule has 0 aromatic heterocycles. The number of halogens is 1. The van der Waals surface area contributed by atoms with Gasteiger partial charge in [0, 0.05) is 5.69 Å². The number of hydrogen-bond donors (Lipinski definition) is 1. The van der Waals surface area contributed by atoms with Crippen molar-refractivity contribution < 1.29 is 14.0 Å². The number of rotatable bonds is 3. The van der Waals surface area contributed by atoms with E-state index in [1.165, 1.54) is 18.2 Å². The van der Waals surface area contributed by atoms with Gasteiger partial charge in [0.2, 0.25) is 5.91 Å². The molecule has 1 N–H and O–H groups in total. The number of carbonyl (C=O) groups is 2. The van der Waals surface area contributed by atoms with Crippen molar-refractivity contribution in [2.24, 2.45) is 0 Å². The summed E-state index contributed by atoms with van der Waals surface area (Å²) in [6.45, 7) is 3.88. The van der Waals surface area contributed by atoms with Gasteiger partial charge in [-0.05, 0) is 43.2 Å². The lowest BCUT2D eigenvalue weighted by Crippen LogP contribution is -2.35. The lowest BCUT2D eigenvalue weighted by atomic mass is 10.1. The van der Waals surface area contributed by atoms with Crippen molar-refractivity contribution in [2.75, 3.05) is 10.2 Å². The van der Waals surface area contributed by atoms with Crippen molar-refractivity contribution in [2.45, 2.75) is 26.3 Å². The predicted molar refractivity (Wildman–Crippen MR) is 86.8 cm³/mol. The topological polar surface area (TPSA) is 49.4 Å². The van der Waals surface area contributed by atoms with Crippen molar-refractivity contribution in [1.82, 2.24) is 0 Å². The van der Waals surface area contributed by atoms with Crippen molar-refractivity contribution in [3.05, 3.63) is 59.4 Å². The largest absolute Gasteiger partial charge is 0.373 e. The fourth-order valence-corrected chi connectivity index (χ4v) is 2.71. The molecule has 0 spiro atoms. The van der Waals surface area contributed by atoms with Crippen LogP contribution in [0.5, 0.6) is 0 Å². The number of nitrogens with one attached hydrogen (secondary N) is 1. The summed E-state index contributed by atoms with van der Waals surface area (Å²) in [4.78, 5) is 25.7. The molecule has 23 heavy (non-hydrogen) atoms. The minimum absolute atomic E-state index is 0.00719. The van der Waals surface area contributed by atoms with Crippen LogP contribution in [-0.4, -0.2) is 17.9 Å². The monoisotopic (exact) mass is 312 g/mol. The van der Waals surface area contributed by atoms with E-state index in [1.54, 1.807) is 6.07 Å². The summed E-state index contributed by atoms with van der Waals surface area (Å²) >= 11 is 0. The van der Waals surface area contributed by atoms with Crippen molar-refractivity contribution in [1.29, 1.82) is 0 Å². The predicted octanol–water partition coefficient (Wildman–Crippen LogP) is 3.19. The lowest BCUT2D eigenvalue weighted by Gasteiger charge is -2.17. The Bertz CT molecular complexity index is 788. The minimum Gasteiger partial charge on any atom is -0.373 e. The molecule has 1 fully saturated rings. The molecular formula is C18H17FN2O2. The molecule has 0 saturated carbocycles. The van der Waals surface area contributed by atoms with Crippen LogP contribution >= 0.6 is 0 Å². The van der Waals surface area contributed by atoms with Crippen LogP contribution in [0.25, 0.3) is 0 Å². The van der Waals surface area contributed by atoms with Crippen molar-refractivity contribution in [3.8, 4) is 0 Å². The maximum absolute atomic E-state index is 13.9. The van der Waals surface area contributed by atoms with Crippen LogP contribution in [0.2, 0.25) is 0 Å². The highest BCUT2D eigenvalue weighted by Crippen LogP contribution is 2.28. The highest BCUT2D eigenvalue weighted by molar-refractivity contribution is 6.23. The molecule has 2 amide bonds. The molecule has 1 heterocycles. The van der Waals surface area contributed by atoms with Gasteiger partial charge in [-0.15, -0.1) is 0 Å². The third-order valence-corrected chi connectivity index (χ3v) is 3.96. The average molecular weight is 312 g/mol. The van der Waals surface area contributed by atoms with Gasteiger partial charge in [-0.1, -0.05) is 24.3 Å². The molecule has 118 valence electrons. The lowest BCUT2D eigenvalue weighted by molar-refractivity contribution is -0.121. The van der Waals surface area contributed by atoms with Gasteiger partial charge in [-0.25, -0.2) is 9.29 Å². The summed E-state index contributed by atoms with van der Waals surface area (Å²) in [7, 11) is 0. The zero-order valence-corrected chi connectivity index (χ0v) is 13.0. The number of anilines is 2. The van der Waals surface area contributed by atoms with Crippen LogP contribution in [0.1, 0.15) is 17.5 Å². The summed E-state index contributed by atoms with van der Waals surface area (Å²) in [6, 6.07) is 11.0. The summed E-state index contributed by atoms with van der Waals surface area (Å²) in [5, 5.41) is 3.11. The van der Waals surface area contributed by atoms with E-state index < -0.39 is 23.7 Å². The standard InChI is InChI=1S/C18H17FN2O2/c1-11-7-8-12(2)14(9-11)20-15-10-17(22)21(18(15)23)16-6-4-3-5-13(16)19/h3-9,15,20H,10H2,1-2H3/t15-/m1/s1. The highest BCUT2D eigenvalue weighted by Gasteiger charge is 2.40. The Hall–Kier alpha value is -2.69. The Morgan fingerprint density at radius 2 is 1.87 bits per heavy atom. The first-order chi connectivity index (χ1) is 11.0. The van der Waals surface area contributed by atoms with Gasteiger partial charge in [-0.3, -0.25) is 9.59 Å². The Balaban J connectivity index is 1.87. The molecule has 0 aliphatic carbocycles. The maximum atomic E-state index is 13.9. The molecule has 2 aromatic carbocycles. The zero-order chi connectivity index (χ0) is 16.6. The molecule has 2 aromatic rings. The van der Waals surface area contributed by atoms with Gasteiger partial charge in [-0.2, -0.15) is 0 Å². The molecule has 1 atom stereocenters. The molecule has 1 aliphatic rings. The fraction of sp³-hybridized carbons (Fsp3) is 0.222. The van der Waals surface area contributed by atoms with Crippen LogP contribution in [0.3, 0.4) is 0 Å². The molecule has 0 unspecified atom stereocenters. The second kappa shape index (κ2) is 5.83. The Morgan fingerprint density at radius 1 is 1.13 bits per heavy atom. The molecule has 1 aliphatic heterocycles. The van der Waals surface area contributed by atoms with Gasteiger partial charge in [0.25, 0.3) is 5.91 Å². The first kappa shape index (κ1) is 15.2. The van der Waals surface area contributed by atoms with Crippen molar-refractivity contribution >= 4 is 23.2 Å². The molecule has 5 heteroatoms. The van der Waals surface area contributed by atoms with Crippen LogP contribution in [0.15, 0.2) is 42.5 Å². The Morgan fingerprint density at radius 3 is 2.61 bits per heavy atom. The molecular weight excluding hydrogens is 295 g/mol. The maximum Gasteiger partial charge on any atom is 0.256 e. The van der Waals surface area contributed by atoms with Crippen molar-refractivity contribution in [3.63, 3.8) is 0 Å². The fourth-order valence-electron chi connectivity index (χ4n) is 2.71. The second-order valence-corrected chi connectivity index (χ2v) is 5.74. The number of para-hydroxylation sites is 1. The molecule has 0 radical (unpaired) electrons. The second-order valence-electron chi connectivity index (χ2n) is 5.74. The van der Waals surface area contributed by atoms with Gasteiger partial charge in [0.05, 0.1) is 12.1 Å². The van der Waals surface area contributed by atoms with Gasteiger partial charge in [0.15, 0.2) is 0 Å². The number of amides is 2. The molecule has 3 rings (SSSR count). The number of hydrogen-bond acceptors (Lipinski definition) is 3. The molecule has 0 bridgehead atoms. The number of carbonyl (C=O) groups excluding carboxylic acids is 2. The van der Waals surface area contributed by atoms with Gasteiger partial charge >= 0.3 is 0 Å². The molecule has 4 nitrogen and oxygen atoms in total. The highest BCUT2D eigenvalue weighted by atomic mass is 19.1. The van der Waals surface area contributed by atoms with Crippen LogP contribution in [0.4, 0.5) is 15.8 Å². The molecule has 1 saturated heterocycles. The quantitative estimate of drug-likeness (QED) is 0.886. The first-order valence-corrected chi connectivity index (χ1v) is 7.42. The first-order valence-electron chi connectivity index (χ1n) is 7.42. The number of imide groups is 1. The third kappa shape index (κ3) is 2.82. The minimum atomic E-state index is -0.678. The van der Waals surface area contributed by atoms with E-state index in [9.17, 15) is 14.0 Å². The number of benzene rings is 2. The SMILES string of the molecule is Cc1ccc(C)c(N[C@@H]2CC(=O)N(c3ccccc3F)C2=O)c1. The van der Waals surface area contributed by atoms with Crippen LogP contribution in [0, 0.1) is 19.7 Å². The van der Waals surface area contributed by atoms with Crippen LogP contribution < -0.4 is 10.2 Å². The van der Waals surface area contributed by atoms with E-state index in [0.717, 1.165) is 21.7 Å². The Kier molecular flexibility index (Phi) is 3.86. The van der Waals surface area contributed by atoms with Gasteiger partial charge in [0.1, 0.15) is 11.9 Å². The third-order valence-electron chi connectivity index (χ3n) is 3.96. The van der Waals surface area contributed by atoms with E-state index in [-0.39, 0.29) is 12.1 Å². The number of aryl methyl sites for hydroxylation is 2. The summed E-state index contributed by atoms with van der Waals surface area (Å²) in [5.41, 5.74) is 2.86. The summed E-state index contributed by atoms with van der Waals surface area (Å²) in [6.07, 6.45) is 0.0144. The van der Waals surface area contributed by atoms with E-state index in [0.29, 0.717) is 0 Å². The summed E-state index contributed by atoms with van der Waals surface area (Å²) in [5.74, 6) is -1.41.